The zero-order valence-electron chi connectivity index (χ0n) is 20.3. The van der Waals surface area contributed by atoms with Crippen LogP contribution in [-0.4, -0.2) is 46.4 Å². The summed E-state index contributed by atoms with van der Waals surface area (Å²) in [5.41, 5.74) is 1.51. The molecule has 2 rings (SSSR count). The minimum atomic E-state index is -3.50. The van der Waals surface area contributed by atoms with E-state index >= 15 is 0 Å². The first-order valence-corrected chi connectivity index (χ1v) is 13.1. The van der Waals surface area contributed by atoms with Gasteiger partial charge in [-0.15, -0.1) is 0 Å². The molecule has 188 valence electrons. The first-order valence-electron chi connectivity index (χ1n) is 11.5. The smallest absolute Gasteiger partial charge is 0.238 e. The molecule has 0 aliphatic heterocycles. The Balaban J connectivity index is 1.92. The van der Waals surface area contributed by atoms with Gasteiger partial charge in [-0.2, -0.15) is 0 Å². The van der Waals surface area contributed by atoms with E-state index < -0.39 is 16.1 Å². The number of methoxy groups -OCH3 is 1. The van der Waals surface area contributed by atoms with E-state index in [-0.39, 0.29) is 23.4 Å². The van der Waals surface area contributed by atoms with Crippen molar-refractivity contribution in [3.8, 4) is 11.5 Å². The number of ether oxygens (including phenoxy) is 2. The van der Waals surface area contributed by atoms with Crippen LogP contribution in [0.15, 0.2) is 42.5 Å². The van der Waals surface area contributed by atoms with Crippen LogP contribution < -0.4 is 19.5 Å². The lowest BCUT2D eigenvalue weighted by Crippen LogP contribution is -2.50. The maximum absolute atomic E-state index is 13.8. The number of sulfonamides is 1. The van der Waals surface area contributed by atoms with Crippen molar-refractivity contribution >= 4 is 15.9 Å². The van der Waals surface area contributed by atoms with E-state index in [0.29, 0.717) is 49.5 Å². The molecule has 1 unspecified atom stereocenters. The van der Waals surface area contributed by atoms with Gasteiger partial charge in [0.05, 0.1) is 19.5 Å². The number of hydrogen-bond donors (Lipinski definition) is 2. The Morgan fingerprint density at radius 1 is 1.06 bits per heavy atom. The fraction of sp³-hybridized carbons (Fsp3) is 0.480. The standard InChI is InChI=1S/C25H35FN2O5S/c1-5-34(30,31)28-23(18(2)3)25(29)27-16-15-20-11-8-14-22(24(20)32-4)33-17-9-12-19-10-6-7-13-21(19)26/h6-8,10-11,13-14,18,23,28H,5,9,12,15-17H2,1-4H3,(H,27,29). The molecule has 2 N–H and O–H groups in total. The second-order valence-corrected chi connectivity index (χ2v) is 10.3. The number of benzene rings is 2. The molecule has 0 aliphatic carbocycles. The number of carbonyl (C=O) groups is 1. The van der Waals surface area contributed by atoms with Crippen molar-refractivity contribution in [1.82, 2.24) is 10.0 Å². The summed E-state index contributed by atoms with van der Waals surface area (Å²) < 4.78 is 51.4. The van der Waals surface area contributed by atoms with Crippen LogP contribution in [0.25, 0.3) is 0 Å². The highest BCUT2D eigenvalue weighted by Crippen LogP contribution is 2.31. The predicted molar refractivity (Wildman–Crippen MR) is 131 cm³/mol. The molecule has 0 aliphatic rings. The number of rotatable bonds is 14. The van der Waals surface area contributed by atoms with Crippen molar-refractivity contribution in [2.45, 2.75) is 46.1 Å². The zero-order valence-corrected chi connectivity index (χ0v) is 21.1. The fourth-order valence-corrected chi connectivity index (χ4v) is 4.38. The highest BCUT2D eigenvalue weighted by Gasteiger charge is 2.26. The Bertz CT molecular complexity index is 1040. The molecule has 2 aromatic carbocycles. The van der Waals surface area contributed by atoms with Crippen molar-refractivity contribution < 1.29 is 27.1 Å². The molecular weight excluding hydrogens is 459 g/mol. The molecule has 0 radical (unpaired) electrons. The summed E-state index contributed by atoms with van der Waals surface area (Å²) in [6.45, 7) is 5.82. The van der Waals surface area contributed by atoms with Gasteiger partial charge >= 0.3 is 0 Å². The van der Waals surface area contributed by atoms with Crippen molar-refractivity contribution in [2.24, 2.45) is 5.92 Å². The minimum Gasteiger partial charge on any atom is -0.493 e. The van der Waals surface area contributed by atoms with Crippen molar-refractivity contribution in [2.75, 3.05) is 26.0 Å². The van der Waals surface area contributed by atoms with Gasteiger partial charge in [-0.25, -0.2) is 17.5 Å². The monoisotopic (exact) mass is 494 g/mol. The minimum absolute atomic E-state index is 0.0895. The summed E-state index contributed by atoms with van der Waals surface area (Å²) in [5, 5.41) is 2.81. The van der Waals surface area contributed by atoms with Crippen LogP contribution in [0.1, 0.15) is 38.3 Å². The lowest BCUT2D eigenvalue weighted by Gasteiger charge is -2.21. The predicted octanol–water partition coefficient (Wildman–Crippen LogP) is 3.47. The normalized spacial score (nSPS) is 12.4. The van der Waals surface area contributed by atoms with Crippen LogP contribution in [0, 0.1) is 11.7 Å². The second-order valence-electron chi connectivity index (χ2n) is 8.28. The molecule has 0 fully saturated rings. The number of aryl methyl sites for hydroxylation is 1. The van der Waals surface area contributed by atoms with Crippen LogP contribution in [-0.2, 0) is 27.7 Å². The molecule has 0 bridgehead atoms. The van der Waals surface area contributed by atoms with E-state index in [4.69, 9.17) is 9.47 Å². The third kappa shape index (κ3) is 8.29. The molecule has 9 heteroatoms. The number of amides is 1. The summed E-state index contributed by atoms with van der Waals surface area (Å²) >= 11 is 0. The molecule has 0 heterocycles. The van der Waals surface area contributed by atoms with Gasteiger partial charge in [-0.05, 0) is 55.4 Å². The Hall–Kier alpha value is -2.65. The van der Waals surface area contributed by atoms with Crippen molar-refractivity contribution in [3.63, 3.8) is 0 Å². The van der Waals surface area contributed by atoms with Crippen LogP contribution in [0.2, 0.25) is 0 Å². The molecular formula is C25H35FN2O5S. The molecule has 0 saturated carbocycles. The van der Waals surface area contributed by atoms with E-state index in [0.717, 1.165) is 5.56 Å². The second kappa shape index (κ2) is 13.3. The van der Waals surface area contributed by atoms with Crippen LogP contribution in [0.5, 0.6) is 11.5 Å². The van der Waals surface area contributed by atoms with Gasteiger partial charge in [-0.1, -0.05) is 44.2 Å². The zero-order chi connectivity index (χ0) is 25.1. The van der Waals surface area contributed by atoms with Gasteiger partial charge in [-0.3, -0.25) is 4.79 Å². The number of halogens is 1. The third-order valence-corrected chi connectivity index (χ3v) is 6.77. The van der Waals surface area contributed by atoms with E-state index in [2.05, 4.69) is 10.0 Å². The molecule has 0 saturated heterocycles. The largest absolute Gasteiger partial charge is 0.493 e. The summed E-state index contributed by atoms with van der Waals surface area (Å²) in [7, 11) is -1.95. The Kier molecular flexibility index (Phi) is 10.8. The number of hydrogen-bond acceptors (Lipinski definition) is 5. The number of carbonyl (C=O) groups excluding carboxylic acids is 1. The first kappa shape index (κ1) is 27.6. The molecule has 0 spiro atoms. The lowest BCUT2D eigenvalue weighted by molar-refractivity contribution is -0.123. The number of nitrogens with one attached hydrogen (secondary N) is 2. The van der Waals surface area contributed by atoms with E-state index in [1.54, 1.807) is 39.2 Å². The summed E-state index contributed by atoms with van der Waals surface area (Å²) in [6.07, 6.45) is 1.70. The average molecular weight is 495 g/mol. The third-order valence-electron chi connectivity index (χ3n) is 5.40. The molecule has 0 aromatic heterocycles. The first-order chi connectivity index (χ1) is 16.2. The summed E-state index contributed by atoms with van der Waals surface area (Å²) in [6, 6.07) is 11.4. The highest BCUT2D eigenvalue weighted by molar-refractivity contribution is 7.89. The van der Waals surface area contributed by atoms with Crippen LogP contribution >= 0.6 is 0 Å². The van der Waals surface area contributed by atoms with Gasteiger partial charge in [0.2, 0.25) is 15.9 Å². The molecule has 1 atom stereocenters. The Labute approximate surface area is 202 Å². The van der Waals surface area contributed by atoms with E-state index in [1.807, 2.05) is 18.2 Å². The van der Waals surface area contributed by atoms with Gasteiger partial charge < -0.3 is 14.8 Å². The Morgan fingerprint density at radius 3 is 2.41 bits per heavy atom. The van der Waals surface area contributed by atoms with Crippen molar-refractivity contribution in [3.05, 3.63) is 59.4 Å². The highest BCUT2D eigenvalue weighted by atomic mass is 32.2. The maximum Gasteiger partial charge on any atom is 0.238 e. The van der Waals surface area contributed by atoms with Crippen LogP contribution in [0.3, 0.4) is 0 Å². The quantitative estimate of drug-likeness (QED) is 0.392. The Morgan fingerprint density at radius 2 is 1.76 bits per heavy atom. The fourth-order valence-electron chi connectivity index (χ4n) is 3.45. The maximum atomic E-state index is 13.8. The van der Waals surface area contributed by atoms with Crippen molar-refractivity contribution in [1.29, 1.82) is 0 Å². The van der Waals surface area contributed by atoms with Gasteiger partial charge in [0.15, 0.2) is 11.5 Å². The van der Waals surface area contributed by atoms with E-state index in [1.165, 1.54) is 13.0 Å². The van der Waals surface area contributed by atoms with Crippen LogP contribution in [0.4, 0.5) is 4.39 Å². The molecule has 2 aromatic rings. The number of para-hydroxylation sites is 1. The summed E-state index contributed by atoms with van der Waals surface area (Å²) in [4.78, 5) is 12.6. The molecule has 34 heavy (non-hydrogen) atoms. The summed E-state index contributed by atoms with van der Waals surface area (Å²) in [5.74, 6) is 0.286. The van der Waals surface area contributed by atoms with Gasteiger partial charge in [0, 0.05) is 6.54 Å². The van der Waals surface area contributed by atoms with E-state index in [9.17, 15) is 17.6 Å². The lowest BCUT2D eigenvalue weighted by atomic mass is 10.0. The topological polar surface area (TPSA) is 93.7 Å². The SMILES string of the molecule is CCS(=O)(=O)NC(C(=O)NCCc1cccc(OCCCc2ccccc2F)c1OC)C(C)C. The molecule has 7 nitrogen and oxygen atoms in total. The molecule has 1 amide bonds. The van der Waals surface area contributed by atoms with Gasteiger partial charge in [0.1, 0.15) is 11.9 Å². The van der Waals surface area contributed by atoms with Gasteiger partial charge in [0.25, 0.3) is 0 Å². The average Bonchev–Trinajstić information content (AvgIpc) is 2.81.